The molecule has 1 unspecified atom stereocenters. The first-order valence-corrected chi connectivity index (χ1v) is 14.1. The molecule has 1 aromatic carbocycles. The van der Waals surface area contributed by atoms with E-state index >= 15 is 0 Å². The molecule has 14 heteroatoms. The third kappa shape index (κ3) is 6.48. The average Bonchev–Trinajstić information content (AvgIpc) is 3.62. The molecule has 0 bridgehead atoms. The fraction of sp³-hybridized carbons (Fsp3) is 0.367. The number of carbonyl (C=O) groups excluding carboxylic acids is 1. The van der Waals surface area contributed by atoms with Gasteiger partial charge in [0.2, 0.25) is 12.3 Å². The molecule has 0 radical (unpaired) electrons. The van der Waals surface area contributed by atoms with Gasteiger partial charge in [0.1, 0.15) is 18.2 Å². The fourth-order valence-corrected chi connectivity index (χ4v) is 5.66. The second-order valence-electron chi connectivity index (χ2n) is 10.9. The van der Waals surface area contributed by atoms with Crippen molar-refractivity contribution in [3.63, 3.8) is 0 Å². The van der Waals surface area contributed by atoms with Gasteiger partial charge in [0.15, 0.2) is 11.3 Å². The molecule has 1 aliphatic rings. The number of nitrogens with one attached hydrogen (secondary N) is 1. The number of alkyl carbamates (subject to hydrolysis) is 1. The lowest BCUT2D eigenvalue weighted by atomic mass is 9.81. The molecule has 4 aromatic heterocycles. The van der Waals surface area contributed by atoms with E-state index < -0.39 is 42.6 Å². The molecule has 0 spiro atoms. The topological polar surface area (TPSA) is 98.7 Å². The van der Waals surface area contributed by atoms with Crippen molar-refractivity contribution in [1.29, 1.82) is 0 Å². The van der Waals surface area contributed by atoms with Gasteiger partial charge in [-0.05, 0) is 48.1 Å². The van der Waals surface area contributed by atoms with Crippen molar-refractivity contribution in [2.75, 3.05) is 0 Å². The largest absolute Gasteiger partial charge is 0.445 e. The van der Waals surface area contributed by atoms with Crippen LogP contribution in [0.25, 0.3) is 11.3 Å². The lowest BCUT2D eigenvalue weighted by molar-refractivity contribution is -0.0497. The quantitative estimate of drug-likeness (QED) is 0.191. The Morgan fingerprint density at radius 3 is 2.57 bits per heavy atom. The van der Waals surface area contributed by atoms with Crippen LogP contribution in [0.2, 0.25) is 0 Å². The highest BCUT2D eigenvalue weighted by Gasteiger charge is 2.39. The van der Waals surface area contributed by atoms with Gasteiger partial charge in [-0.1, -0.05) is 30.3 Å². The molecule has 0 saturated heterocycles. The van der Waals surface area contributed by atoms with E-state index in [1.807, 2.05) is 18.2 Å². The number of nitrogens with zero attached hydrogens (tertiary/aromatic N) is 6. The normalized spacial score (nSPS) is 16.8. The van der Waals surface area contributed by atoms with E-state index in [0.717, 1.165) is 11.8 Å². The highest BCUT2D eigenvalue weighted by molar-refractivity contribution is 5.68. The summed E-state index contributed by atoms with van der Waals surface area (Å²) in [5, 5.41) is 15.2. The Morgan fingerprint density at radius 1 is 1.05 bits per heavy atom. The second kappa shape index (κ2) is 12.2. The maximum atomic E-state index is 14.0. The Morgan fingerprint density at radius 2 is 1.82 bits per heavy atom. The zero-order valence-electron chi connectivity index (χ0n) is 23.3. The van der Waals surface area contributed by atoms with Crippen LogP contribution in [0.4, 0.5) is 26.7 Å². The van der Waals surface area contributed by atoms with Gasteiger partial charge >= 0.3 is 6.09 Å². The molecule has 9 nitrogen and oxygen atoms in total. The van der Waals surface area contributed by atoms with Gasteiger partial charge in [0.05, 0.1) is 30.0 Å². The summed E-state index contributed by atoms with van der Waals surface area (Å²) in [5.74, 6) is -4.60. The van der Waals surface area contributed by atoms with Crippen molar-refractivity contribution < 1.29 is 31.5 Å². The van der Waals surface area contributed by atoms with Crippen molar-refractivity contribution in [2.24, 2.45) is 5.92 Å². The fourth-order valence-electron chi connectivity index (χ4n) is 5.66. The van der Waals surface area contributed by atoms with E-state index in [4.69, 9.17) is 4.74 Å². The van der Waals surface area contributed by atoms with Gasteiger partial charge in [-0.15, -0.1) is 10.2 Å². The number of ether oxygens (including phenoxy) is 1. The molecule has 1 amide bonds. The van der Waals surface area contributed by atoms with Gasteiger partial charge in [0.25, 0.3) is 0 Å². The predicted octanol–water partition coefficient (Wildman–Crippen LogP) is 6.49. The number of hydrogen-bond donors (Lipinski definition) is 1. The van der Waals surface area contributed by atoms with Crippen molar-refractivity contribution >= 4 is 17.4 Å². The van der Waals surface area contributed by atoms with Crippen LogP contribution >= 0.6 is 0 Å². The standard InChI is InChI=1S/C30H28F5N7O2/c31-21-6-7-25-39-40-28(41(25)15-21)22(13-24(32)33)20-12-26-37-23(16-42(26)36-14-20)27(19-8-10-30(34,35)11-9-19)38-29(43)44-17-18-4-2-1-3-5-18/h1-7,12,14-16,19,22,24,27H,8-11,13,17H2,(H,38,43)/t22?,27-/m0/s1. The molecule has 4 heterocycles. The van der Waals surface area contributed by atoms with Crippen molar-refractivity contribution in [2.45, 2.75) is 63.0 Å². The number of amides is 1. The number of benzene rings is 1. The van der Waals surface area contributed by atoms with Crippen LogP contribution in [0.15, 0.2) is 67.1 Å². The summed E-state index contributed by atoms with van der Waals surface area (Å²) in [6, 6.07) is 12.5. The third-order valence-electron chi connectivity index (χ3n) is 7.92. The van der Waals surface area contributed by atoms with Crippen LogP contribution in [-0.4, -0.2) is 47.6 Å². The molecule has 1 aliphatic carbocycles. The first kappa shape index (κ1) is 29.5. The Labute approximate surface area is 248 Å². The summed E-state index contributed by atoms with van der Waals surface area (Å²) < 4.78 is 77.6. The van der Waals surface area contributed by atoms with E-state index in [-0.39, 0.29) is 49.7 Å². The zero-order chi connectivity index (χ0) is 30.8. The molecule has 1 saturated carbocycles. The Balaban J connectivity index is 1.30. The van der Waals surface area contributed by atoms with Crippen molar-refractivity contribution in [3.8, 4) is 0 Å². The van der Waals surface area contributed by atoms with Crippen LogP contribution in [0.1, 0.15) is 66.7 Å². The first-order chi connectivity index (χ1) is 21.1. The Hall–Kier alpha value is -4.62. The number of carbonyl (C=O) groups is 1. The molecule has 6 rings (SSSR count). The van der Waals surface area contributed by atoms with E-state index in [1.165, 1.54) is 27.2 Å². The number of pyridine rings is 1. The van der Waals surface area contributed by atoms with E-state index in [0.29, 0.717) is 16.9 Å². The molecule has 44 heavy (non-hydrogen) atoms. The smallest absolute Gasteiger partial charge is 0.408 e. The summed E-state index contributed by atoms with van der Waals surface area (Å²) in [4.78, 5) is 17.5. The third-order valence-corrected chi connectivity index (χ3v) is 7.92. The van der Waals surface area contributed by atoms with Gasteiger partial charge in [0, 0.05) is 25.5 Å². The van der Waals surface area contributed by atoms with Crippen LogP contribution in [0, 0.1) is 11.7 Å². The van der Waals surface area contributed by atoms with Gasteiger partial charge < -0.3 is 10.1 Å². The highest BCUT2D eigenvalue weighted by Crippen LogP contribution is 2.41. The van der Waals surface area contributed by atoms with Crippen LogP contribution in [0.3, 0.4) is 0 Å². The van der Waals surface area contributed by atoms with Crippen LogP contribution in [0.5, 0.6) is 0 Å². The molecule has 2 atom stereocenters. The van der Waals surface area contributed by atoms with Crippen LogP contribution in [-0.2, 0) is 11.3 Å². The molecule has 1 fully saturated rings. The zero-order valence-corrected chi connectivity index (χ0v) is 23.3. The van der Waals surface area contributed by atoms with Gasteiger partial charge in [-0.3, -0.25) is 4.40 Å². The summed E-state index contributed by atoms with van der Waals surface area (Å²) in [6.07, 6.45) is -0.342. The number of imidazole rings is 1. The summed E-state index contributed by atoms with van der Waals surface area (Å²) in [5.41, 5.74) is 2.06. The predicted molar refractivity (Wildman–Crippen MR) is 148 cm³/mol. The minimum atomic E-state index is -2.78. The molecule has 230 valence electrons. The van der Waals surface area contributed by atoms with Gasteiger partial charge in [-0.2, -0.15) is 5.10 Å². The van der Waals surface area contributed by atoms with Crippen LogP contribution < -0.4 is 5.32 Å². The second-order valence-corrected chi connectivity index (χ2v) is 10.9. The minimum absolute atomic E-state index is 0.0188. The monoisotopic (exact) mass is 613 g/mol. The van der Waals surface area contributed by atoms with Gasteiger partial charge in [-0.25, -0.2) is 36.2 Å². The summed E-state index contributed by atoms with van der Waals surface area (Å²) in [7, 11) is 0. The summed E-state index contributed by atoms with van der Waals surface area (Å²) >= 11 is 0. The van der Waals surface area contributed by atoms with E-state index in [9.17, 15) is 26.7 Å². The number of halogens is 5. The highest BCUT2D eigenvalue weighted by atomic mass is 19.3. The minimum Gasteiger partial charge on any atom is -0.445 e. The molecule has 0 aliphatic heterocycles. The molecular weight excluding hydrogens is 585 g/mol. The lowest BCUT2D eigenvalue weighted by Crippen LogP contribution is -2.37. The van der Waals surface area contributed by atoms with E-state index in [1.54, 1.807) is 24.4 Å². The Bertz CT molecular complexity index is 1750. The number of hydrogen-bond acceptors (Lipinski definition) is 6. The van der Waals surface area contributed by atoms with Crippen molar-refractivity contribution in [1.82, 2.24) is 34.5 Å². The number of alkyl halides is 4. The molecular formula is C30H28F5N7O2. The lowest BCUT2D eigenvalue weighted by Gasteiger charge is -2.33. The first-order valence-electron chi connectivity index (χ1n) is 14.1. The number of aromatic nitrogens is 6. The van der Waals surface area contributed by atoms with Crippen molar-refractivity contribution in [3.05, 3.63) is 95.6 Å². The summed E-state index contributed by atoms with van der Waals surface area (Å²) in [6.45, 7) is 0.0188. The maximum absolute atomic E-state index is 14.0. The molecule has 5 aromatic rings. The van der Waals surface area contributed by atoms with E-state index in [2.05, 4.69) is 25.6 Å². The SMILES string of the molecule is O=C(N[C@H](c1cn2ncc(C(CC(F)F)c3nnc4ccc(F)cn34)cc2n1)C1CCC(F)(F)CC1)OCc1ccccc1. The Kier molecular flexibility index (Phi) is 8.15. The number of rotatable bonds is 9. The average molecular weight is 614 g/mol. The number of fused-ring (bicyclic) bond motifs is 2. The molecule has 1 N–H and O–H groups in total. The maximum Gasteiger partial charge on any atom is 0.408 e.